The molecule has 1 fully saturated rings. The van der Waals surface area contributed by atoms with E-state index in [1.807, 2.05) is 13.0 Å². The lowest BCUT2D eigenvalue weighted by Gasteiger charge is -2.37. The van der Waals surface area contributed by atoms with Crippen LogP contribution < -0.4 is 9.62 Å². The highest BCUT2D eigenvalue weighted by Gasteiger charge is 2.39. The Kier molecular flexibility index (Phi) is 8.24. The third-order valence-corrected chi connectivity index (χ3v) is 8.49. The molecule has 0 spiro atoms. The largest absolute Gasteiger partial charge is 0.443 e. The van der Waals surface area contributed by atoms with Gasteiger partial charge in [-0.05, 0) is 71.0 Å². The Labute approximate surface area is 229 Å². The minimum absolute atomic E-state index is 0.0446. The molecular weight excluding hydrogens is 553 g/mol. The van der Waals surface area contributed by atoms with Crippen LogP contribution in [0, 0.1) is 17.5 Å². The Balaban J connectivity index is 1.63. The molecule has 0 radical (unpaired) electrons. The van der Waals surface area contributed by atoms with Crippen molar-refractivity contribution in [3.63, 3.8) is 0 Å². The third-order valence-electron chi connectivity index (χ3n) is 6.20. The molecule has 0 aliphatic carbocycles. The summed E-state index contributed by atoms with van der Waals surface area (Å²) in [5.41, 5.74) is 1.16. The molecule has 4 rings (SSSR count). The van der Waals surface area contributed by atoms with E-state index < -0.39 is 44.1 Å². The van der Waals surface area contributed by atoms with Crippen LogP contribution in [0.25, 0.3) is 0 Å². The first-order valence-electron chi connectivity index (χ1n) is 12.2. The normalized spacial score (nSPS) is 14.9. The highest BCUT2D eigenvalue weighted by molar-refractivity contribution is 7.93. The van der Waals surface area contributed by atoms with Gasteiger partial charge in [0, 0.05) is 29.2 Å². The number of nitrogens with one attached hydrogen (secondary N) is 1. The predicted molar refractivity (Wildman–Crippen MR) is 143 cm³/mol. The standard InChI is InChI=1S/C26H29F3N4O4S2/c1-16(32-9-6-10-32)18-7-5-8-20(27)19(18)13-30-17-11-21(28)24(22(29)12-17)39(35,36)33(23-14-38-15-31-23)25(34)37-26(2,3)4/h5,7-8,11-12,14-16,30H,6,9-10,13H2,1-4H3/t16-/m0/s1. The molecule has 1 saturated heterocycles. The Bertz CT molecular complexity index is 1430. The smallest absolute Gasteiger partial charge is 0.430 e. The predicted octanol–water partition coefficient (Wildman–Crippen LogP) is 6.07. The number of ether oxygens (including phenoxy) is 1. The number of halogens is 3. The van der Waals surface area contributed by atoms with Crippen molar-refractivity contribution in [1.29, 1.82) is 0 Å². The summed E-state index contributed by atoms with van der Waals surface area (Å²) in [7, 11) is -5.11. The van der Waals surface area contributed by atoms with Crippen LogP contribution in [0.15, 0.2) is 46.1 Å². The molecule has 2 aromatic carbocycles. The molecule has 0 saturated carbocycles. The Morgan fingerprint density at radius 1 is 1.18 bits per heavy atom. The molecule has 3 aromatic rings. The first-order chi connectivity index (χ1) is 18.3. The van der Waals surface area contributed by atoms with Crippen LogP contribution in [-0.4, -0.2) is 43.1 Å². The molecule has 2 heterocycles. The highest BCUT2D eigenvalue weighted by atomic mass is 32.2. The summed E-state index contributed by atoms with van der Waals surface area (Å²) in [4.78, 5) is 17.5. The molecule has 8 nitrogen and oxygen atoms in total. The summed E-state index contributed by atoms with van der Waals surface area (Å²) in [6.45, 7) is 8.23. The monoisotopic (exact) mass is 582 g/mol. The summed E-state index contributed by atoms with van der Waals surface area (Å²) < 4.78 is 77.3. The van der Waals surface area contributed by atoms with Gasteiger partial charge in [0.15, 0.2) is 10.7 Å². The molecule has 1 aliphatic rings. The molecule has 39 heavy (non-hydrogen) atoms. The third kappa shape index (κ3) is 6.20. The first-order valence-corrected chi connectivity index (χ1v) is 14.6. The number of sulfonamides is 1. The molecule has 1 N–H and O–H groups in total. The van der Waals surface area contributed by atoms with Crippen molar-refractivity contribution >= 4 is 39.0 Å². The number of rotatable bonds is 8. The number of hydrogen-bond acceptors (Lipinski definition) is 8. The quantitative estimate of drug-likeness (QED) is 0.345. The minimum atomic E-state index is -5.11. The topological polar surface area (TPSA) is 91.8 Å². The van der Waals surface area contributed by atoms with E-state index in [1.165, 1.54) is 37.7 Å². The fourth-order valence-electron chi connectivity index (χ4n) is 4.19. The average molecular weight is 583 g/mol. The fourth-order valence-corrected chi connectivity index (χ4v) is 6.15. The van der Waals surface area contributed by atoms with E-state index in [9.17, 15) is 17.6 Å². The second kappa shape index (κ2) is 11.1. The maximum absolute atomic E-state index is 15.2. The molecule has 1 atom stereocenters. The van der Waals surface area contributed by atoms with Crippen molar-refractivity contribution in [3.05, 3.63) is 69.8 Å². The number of hydrogen-bond donors (Lipinski definition) is 1. The van der Waals surface area contributed by atoms with Gasteiger partial charge in [0.1, 0.15) is 23.1 Å². The lowest BCUT2D eigenvalue weighted by Crippen LogP contribution is -2.41. The van der Waals surface area contributed by atoms with Crippen LogP contribution >= 0.6 is 11.3 Å². The van der Waals surface area contributed by atoms with Gasteiger partial charge in [0.05, 0.1) is 5.51 Å². The van der Waals surface area contributed by atoms with Crippen molar-refractivity contribution in [3.8, 4) is 0 Å². The number of anilines is 2. The van der Waals surface area contributed by atoms with Crippen molar-refractivity contribution in [2.45, 2.75) is 57.2 Å². The van der Waals surface area contributed by atoms with Gasteiger partial charge in [0.25, 0.3) is 10.0 Å². The van der Waals surface area contributed by atoms with Crippen LogP contribution in [0.4, 0.5) is 29.5 Å². The van der Waals surface area contributed by atoms with Crippen LogP contribution in [0.1, 0.15) is 51.3 Å². The molecule has 210 valence electrons. The fraction of sp³-hybridized carbons (Fsp3) is 0.385. The molecule has 1 aromatic heterocycles. The molecule has 1 aliphatic heterocycles. The number of aromatic nitrogens is 1. The van der Waals surface area contributed by atoms with Gasteiger partial charge in [-0.25, -0.2) is 31.4 Å². The Morgan fingerprint density at radius 2 is 1.85 bits per heavy atom. The van der Waals surface area contributed by atoms with Crippen LogP contribution in [-0.2, 0) is 21.3 Å². The maximum atomic E-state index is 15.2. The van der Waals surface area contributed by atoms with Crippen molar-refractivity contribution < 1.29 is 31.1 Å². The van der Waals surface area contributed by atoms with Gasteiger partial charge in [0.2, 0.25) is 0 Å². The summed E-state index contributed by atoms with van der Waals surface area (Å²) in [5.74, 6) is -3.71. The Morgan fingerprint density at radius 3 is 2.38 bits per heavy atom. The van der Waals surface area contributed by atoms with Gasteiger partial charge in [-0.2, -0.15) is 0 Å². The molecule has 0 bridgehead atoms. The lowest BCUT2D eigenvalue weighted by atomic mass is 9.97. The van der Waals surface area contributed by atoms with E-state index in [1.54, 1.807) is 6.07 Å². The number of carbonyl (C=O) groups is 1. The zero-order valence-corrected chi connectivity index (χ0v) is 23.5. The first kappa shape index (κ1) is 28.8. The number of thiazole rings is 1. The summed E-state index contributed by atoms with van der Waals surface area (Å²) in [6, 6.07) is 6.25. The van der Waals surface area contributed by atoms with Crippen LogP contribution in [0.2, 0.25) is 0 Å². The molecular formula is C26H29F3N4O4S2. The second-order valence-corrected chi connectivity index (χ2v) is 12.5. The van der Waals surface area contributed by atoms with Crippen molar-refractivity contribution in [1.82, 2.24) is 9.88 Å². The van der Waals surface area contributed by atoms with Crippen molar-refractivity contribution in [2.24, 2.45) is 0 Å². The molecule has 0 unspecified atom stereocenters. The van der Waals surface area contributed by atoms with Crippen LogP contribution in [0.5, 0.6) is 0 Å². The second-order valence-electron chi connectivity index (χ2n) is 10.1. The van der Waals surface area contributed by atoms with E-state index in [2.05, 4.69) is 15.2 Å². The van der Waals surface area contributed by atoms with Crippen molar-refractivity contribution in [2.75, 3.05) is 22.7 Å². The van der Waals surface area contributed by atoms with Gasteiger partial charge in [-0.1, -0.05) is 12.1 Å². The average Bonchev–Trinajstić information content (AvgIpc) is 3.28. The number of carbonyl (C=O) groups excluding carboxylic acids is 1. The number of nitrogens with zero attached hydrogens (tertiary/aromatic N) is 3. The van der Waals surface area contributed by atoms with E-state index in [0.717, 1.165) is 48.5 Å². The summed E-state index contributed by atoms with van der Waals surface area (Å²) in [6.07, 6.45) is -0.299. The molecule has 1 amide bonds. The minimum Gasteiger partial charge on any atom is -0.443 e. The zero-order valence-electron chi connectivity index (χ0n) is 21.9. The SMILES string of the molecule is C[C@@H](c1cccc(F)c1CNc1cc(F)c(S(=O)(=O)N(C(=O)OC(C)(C)C)c2cscn2)c(F)c1)N1CCC1. The van der Waals surface area contributed by atoms with Gasteiger partial charge < -0.3 is 10.1 Å². The number of benzene rings is 2. The molecule has 13 heteroatoms. The van der Waals surface area contributed by atoms with Gasteiger partial charge in [-0.15, -0.1) is 15.6 Å². The van der Waals surface area contributed by atoms with E-state index in [4.69, 9.17) is 4.74 Å². The summed E-state index contributed by atoms with van der Waals surface area (Å²) in [5, 5.41) is 4.03. The lowest BCUT2D eigenvalue weighted by molar-refractivity contribution is 0.0608. The summed E-state index contributed by atoms with van der Waals surface area (Å²) >= 11 is 0.985. The van der Waals surface area contributed by atoms with Gasteiger partial charge >= 0.3 is 6.09 Å². The van der Waals surface area contributed by atoms with E-state index in [-0.39, 0.29) is 28.4 Å². The van der Waals surface area contributed by atoms with Crippen LogP contribution in [0.3, 0.4) is 0 Å². The number of amides is 1. The number of likely N-dealkylation sites (tertiary alicyclic amines) is 1. The highest BCUT2D eigenvalue weighted by Crippen LogP contribution is 2.32. The Hall–Kier alpha value is -3.16. The van der Waals surface area contributed by atoms with Gasteiger partial charge in [-0.3, -0.25) is 4.90 Å². The zero-order chi connectivity index (χ0) is 28.5. The van der Waals surface area contributed by atoms with E-state index in [0.29, 0.717) is 5.56 Å². The maximum Gasteiger partial charge on any atom is 0.430 e. The van der Waals surface area contributed by atoms with E-state index >= 15 is 8.78 Å².